The van der Waals surface area contributed by atoms with Crippen LogP contribution in [-0.2, 0) is 9.53 Å². The molecule has 1 atom stereocenters. The Morgan fingerprint density at radius 3 is 1.43 bits per heavy atom. The molecule has 0 saturated carbocycles. The molecule has 3 aromatic carbocycles. The standard InChI is InChI=1S/C18H15P.C6H11BrO2/c1-4-10-16(11-5-1)19(17-12-6-2-7-13-17)18-14-8-3-9-15-18;1-3-5(7)6(8)9-4-2/h1-15H;5H,3-4H2,1-2H3. The van der Waals surface area contributed by atoms with Crippen molar-refractivity contribution in [1.82, 2.24) is 0 Å². The second-order valence-electron chi connectivity index (χ2n) is 5.97. The average molecular weight is 457 g/mol. The molecule has 0 saturated heterocycles. The Balaban J connectivity index is 0.000000266. The van der Waals surface area contributed by atoms with Gasteiger partial charge in [-0.2, -0.15) is 0 Å². The van der Waals surface area contributed by atoms with Crippen molar-refractivity contribution in [3.05, 3.63) is 91.0 Å². The van der Waals surface area contributed by atoms with Crippen LogP contribution in [0.5, 0.6) is 0 Å². The number of carbonyl (C=O) groups excluding carboxylic acids is 1. The van der Waals surface area contributed by atoms with Crippen LogP contribution in [0.2, 0.25) is 0 Å². The summed E-state index contributed by atoms with van der Waals surface area (Å²) < 4.78 is 4.71. The van der Waals surface area contributed by atoms with Crippen LogP contribution in [0.1, 0.15) is 20.3 Å². The van der Waals surface area contributed by atoms with E-state index in [4.69, 9.17) is 4.74 Å². The van der Waals surface area contributed by atoms with Crippen LogP contribution in [-0.4, -0.2) is 17.4 Å². The van der Waals surface area contributed by atoms with E-state index < -0.39 is 7.92 Å². The average Bonchev–Trinajstić information content (AvgIpc) is 2.76. The maximum atomic E-state index is 10.7. The van der Waals surface area contributed by atoms with E-state index >= 15 is 0 Å². The molecule has 3 aromatic rings. The summed E-state index contributed by atoms with van der Waals surface area (Å²) in [4.78, 5) is 10.6. The van der Waals surface area contributed by atoms with Gasteiger partial charge in [0.1, 0.15) is 4.83 Å². The molecule has 2 nitrogen and oxygen atoms in total. The van der Waals surface area contributed by atoms with E-state index in [1.54, 1.807) is 6.92 Å². The molecule has 0 heterocycles. The maximum absolute atomic E-state index is 10.7. The van der Waals surface area contributed by atoms with Gasteiger partial charge in [0.05, 0.1) is 6.61 Å². The van der Waals surface area contributed by atoms with Crippen LogP contribution in [0.25, 0.3) is 0 Å². The Labute approximate surface area is 177 Å². The van der Waals surface area contributed by atoms with E-state index in [0.29, 0.717) is 6.61 Å². The van der Waals surface area contributed by atoms with Crippen molar-refractivity contribution < 1.29 is 9.53 Å². The lowest BCUT2D eigenvalue weighted by atomic mass is 10.3. The van der Waals surface area contributed by atoms with Gasteiger partial charge in [0.15, 0.2) is 0 Å². The number of benzene rings is 3. The van der Waals surface area contributed by atoms with Gasteiger partial charge < -0.3 is 4.74 Å². The molecule has 0 amide bonds. The Morgan fingerprint density at radius 2 is 1.14 bits per heavy atom. The summed E-state index contributed by atoms with van der Waals surface area (Å²) in [5.74, 6) is -0.167. The first-order chi connectivity index (χ1) is 13.7. The quantitative estimate of drug-likeness (QED) is 0.290. The summed E-state index contributed by atoms with van der Waals surface area (Å²) in [5, 5.41) is 4.19. The van der Waals surface area contributed by atoms with Crippen LogP contribution < -0.4 is 15.9 Å². The molecule has 0 aliphatic heterocycles. The lowest BCUT2D eigenvalue weighted by molar-refractivity contribution is -0.142. The van der Waals surface area contributed by atoms with Gasteiger partial charge in [-0.15, -0.1) is 0 Å². The molecule has 0 spiro atoms. The molecule has 0 N–H and O–H groups in total. The lowest BCUT2D eigenvalue weighted by Crippen LogP contribution is -2.20. The highest BCUT2D eigenvalue weighted by molar-refractivity contribution is 9.10. The SMILES string of the molecule is CCOC(=O)C(Br)CC.c1ccc(P(c2ccccc2)c2ccccc2)cc1. The normalized spacial score (nSPS) is 11.3. The first kappa shape index (κ1) is 22.3. The molecule has 0 bridgehead atoms. The van der Waals surface area contributed by atoms with Crippen molar-refractivity contribution in [2.24, 2.45) is 0 Å². The van der Waals surface area contributed by atoms with E-state index in [1.165, 1.54) is 15.9 Å². The molecule has 0 aliphatic carbocycles. The number of esters is 1. The number of carbonyl (C=O) groups is 1. The summed E-state index contributed by atoms with van der Waals surface area (Å²) in [6.45, 7) is 4.19. The summed E-state index contributed by atoms with van der Waals surface area (Å²) in [7, 11) is -0.446. The molecule has 4 heteroatoms. The fraction of sp³-hybridized carbons (Fsp3) is 0.208. The van der Waals surface area contributed by atoms with Crippen LogP contribution in [0.15, 0.2) is 91.0 Å². The minimum absolute atomic E-state index is 0.127. The fourth-order valence-electron chi connectivity index (χ4n) is 2.58. The van der Waals surface area contributed by atoms with Crippen molar-refractivity contribution in [1.29, 1.82) is 0 Å². The van der Waals surface area contributed by atoms with E-state index in [1.807, 2.05) is 6.92 Å². The molecule has 28 heavy (non-hydrogen) atoms. The molecule has 0 aliphatic rings. The first-order valence-electron chi connectivity index (χ1n) is 9.43. The van der Waals surface area contributed by atoms with Crippen LogP contribution in [0, 0.1) is 0 Å². The van der Waals surface area contributed by atoms with Gasteiger partial charge >= 0.3 is 5.97 Å². The van der Waals surface area contributed by atoms with Crippen LogP contribution in [0.3, 0.4) is 0 Å². The third kappa shape index (κ3) is 6.89. The fourth-order valence-corrected chi connectivity index (χ4v) is 5.02. The molecular weight excluding hydrogens is 431 g/mol. The Hall–Kier alpha value is -1.96. The summed E-state index contributed by atoms with van der Waals surface area (Å²) in [6.07, 6.45) is 0.777. The zero-order valence-electron chi connectivity index (χ0n) is 16.3. The van der Waals surface area contributed by atoms with Crippen molar-refractivity contribution in [3.63, 3.8) is 0 Å². The first-order valence-corrected chi connectivity index (χ1v) is 11.7. The Bertz CT molecular complexity index is 716. The van der Waals surface area contributed by atoms with E-state index in [0.717, 1.165) is 6.42 Å². The maximum Gasteiger partial charge on any atom is 0.319 e. The van der Waals surface area contributed by atoms with Crippen molar-refractivity contribution >= 4 is 45.7 Å². The van der Waals surface area contributed by atoms with Crippen molar-refractivity contribution in [2.45, 2.75) is 25.1 Å². The number of rotatable bonds is 6. The minimum atomic E-state index is -0.446. The number of alkyl halides is 1. The van der Waals surface area contributed by atoms with Gasteiger partial charge in [-0.05, 0) is 37.2 Å². The molecule has 3 rings (SSSR count). The number of hydrogen-bond acceptors (Lipinski definition) is 2. The highest BCUT2D eigenvalue weighted by Crippen LogP contribution is 2.32. The van der Waals surface area contributed by atoms with Gasteiger partial charge in [-0.25, -0.2) is 0 Å². The molecule has 146 valence electrons. The summed E-state index contributed by atoms with van der Waals surface area (Å²) in [6, 6.07) is 32.3. The monoisotopic (exact) mass is 456 g/mol. The summed E-state index contributed by atoms with van der Waals surface area (Å²) >= 11 is 3.17. The smallest absolute Gasteiger partial charge is 0.319 e. The van der Waals surface area contributed by atoms with Gasteiger partial charge in [0, 0.05) is 0 Å². The number of ether oxygens (including phenoxy) is 1. The van der Waals surface area contributed by atoms with Crippen LogP contribution >= 0.6 is 23.9 Å². The minimum Gasteiger partial charge on any atom is -0.465 e. The molecule has 1 unspecified atom stereocenters. The molecule has 0 radical (unpaired) electrons. The van der Waals surface area contributed by atoms with E-state index in [9.17, 15) is 4.79 Å². The Kier molecular flexibility index (Phi) is 9.96. The molecular formula is C24H26BrO2P. The third-order valence-electron chi connectivity index (χ3n) is 3.94. The second-order valence-corrected chi connectivity index (χ2v) is 9.30. The topological polar surface area (TPSA) is 26.3 Å². The van der Waals surface area contributed by atoms with Gasteiger partial charge in [-0.3, -0.25) is 4.79 Å². The predicted octanol–water partition coefficient (Wildman–Crippen LogP) is 5.17. The second kappa shape index (κ2) is 12.5. The van der Waals surface area contributed by atoms with Gasteiger partial charge in [0.25, 0.3) is 0 Å². The van der Waals surface area contributed by atoms with Crippen molar-refractivity contribution in [3.8, 4) is 0 Å². The van der Waals surface area contributed by atoms with E-state index in [2.05, 4.69) is 107 Å². The van der Waals surface area contributed by atoms with Crippen LogP contribution in [0.4, 0.5) is 0 Å². The largest absolute Gasteiger partial charge is 0.465 e. The highest BCUT2D eigenvalue weighted by atomic mass is 79.9. The van der Waals surface area contributed by atoms with E-state index in [-0.39, 0.29) is 10.8 Å². The number of hydrogen-bond donors (Lipinski definition) is 0. The zero-order chi connectivity index (χ0) is 20.2. The third-order valence-corrected chi connectivity index (χ3v) is 7.41. The molecule has 0 aromatic heterocycles. The molecule has 0 fully saturated rings. The Morgan fingerprint density at radius 1 is 0.786 bits per heavy atom. The summed E-state index contributed by atoms with van der Waals surface area (Å²) in [5.41, 5.74) is 0. The number of halogens is 1. The van der Waals surface area contributed by atoms with Gasteiger partial charge in [0.2, 0.25) is 0 Å². The predicted molar refractivity (Wildman–Crippen MR) is 125 cm³/mol. The zero-order valence-corrected chi connectivity index (χ0v) is 18.8. The van der Waals surface area contributed by atoms with Crippen molar-refractivity contribution in [2.75, 3.05) is 6.61 Å². The van der Waals surface area contributed by atoms with Gasteiger partial charge in [-0.1, -0.05) is 114 Å². The highest BCUT2D eigenvalue weighted by Gasteiger charge is 2.15. The lowest BCUT2D eigenvalue weighted by Gasteiger charge is -2.18.